The Labute approximate surface area is 185 Å². The van der Waals surface area contributed by atoms with Crippen molar-refractivity contribution in [2.75, 3.05) is 6.61 Å². The highest BCUT2D eigenvalue weighted by Gasteiger charge is 2.15. The summed E-state index contributed by atoms with van der Waals surface area (Å²) < 4.78 is 5.51. The van der Waals surface area contributed by atoms with Gasteiger partial charge >= 0.3 is 0 Å². The van der Waals surface area contributed by atoms with Crippen molar-refractivity contribution in [1.29, 1.82) is 0 Å². The van der Waals surface area contributed by atoms with Gasteiger partial charge in [-0.3, -0.25) is 25.4 Å². The maximum absolute atomic E-state index is 12.9. The number of ether oxygens (including phenoxy) is 1. The highest BCUT2D eigenvalue weighted by atomic mass is 16.5. The van der Waals surface area contributed by atoms with Crippen molar-refractivity contribution in [2.24, 2.45) is 0 Å². The summed E-state index contributed by atoms with van der Waals surface area (Å²) in [5.74, 6) is -0.320. The predicted molar refractivity (Wildman–Crippen MR) is 122 cm³/mol. The van der Waals surface area contributed by atoms with Crippen molar-refractivity contribution in [3.05, 3.63) is 89.7 Å². The number of hydrogen-bond donors (Lipinski definition) is 2. The zero-order valence-corrected chi connectivity index (χ0v) is 17.8. The summed E-state index contributed by atoms with van der Waals surface area (Å²) in [7, 11) is 0. The molecule has 0 radical (unpaired) electrons. The van der Waals surface area contributed by atoms with E-state index in [0.717, 1.165) is 16.7 Å². The van der Waals surface area contributed by atoms with Crippen molar-refractivity contribution in [1.82, 2.24) is 20.8 Å². The molecule has 4 aromatic rings. The molecule has 2 aromatic carbocycles. The summed E-state index contributed by atoms with van der Waals surface area (Å²) in [6, 6.07) is 18.3. The minimum absolute atomic E-state index is 0.220. The first-order chi connectivity index (χ1) is 15.5. The molecule has 0 aliphatic rings. The monoisotopic (exact) mass is 426 g/mol. The summed E-state index contributed by atoms with van der Waals surface area (Å²) in [5.41, 5.74) is 9.65. The largest absolute Gasteiger partial charge is 0.484 e. The third kappa shape index (κ3) is 4.73. The van der Waals surface area contributed by atoms with E-state index >= 15 is 0 Å². The third-order valence-corrected chi connectivity index (χ3v) is 5.10. The second-order valence-electron chi connectivity index (χ2n) is 7.35. The number of aromatic nitrogens is 2. The number of carbonyl (C=O) groups excluding carboxylic acids is 2. The van der Waals surface area contributed by atoms with Crippen LogP contribution in [0.5, 0.6) is 5.75 Å². The number of rotatable bonds is 5. The Kier molecular flexibility index (Phi) is 6.07. The molecule has 0 saturated carbocycles. The van der Waals surface area contributed by atoms with Crippen LogP contribution in [0.2, 0.25) is 0 Å². The molecule has 0 aliphatic carbocycles. The van der Waals surface area contributed by atoms with Gasteiger partial charge in [0.25, 0.3) is 11.8 Å². The zero-order valence-electron chi connectivity index (χ0n) is 17.8. The van der Waals surface area contributed by atoms with Gasteiger partial charge in [0, 0.05) is 23.3 Å². The predicted octanol–water partition coefficient (Wildman–Crippen LogP) is 3.75. The molecule has 4 rings (SSSR count). The van der Waals surface area contributed by atoms with E-state index in [4.69, 9.17) is 4.74 Å². The van der Waals surface area contributed by atoms with Gasteiger partial charge in [-0.25, -0.2) is 4.98 Å². The van der Waals surface area contributed by atoms with E-state index in [2.05, 4.69) is 20.8 Å². The topological polar surface area (TPSA) is 93.2 Å². The van der Waals surface area contributed by atoms with Gasteiger partial charge in [-0.15, -0.1) is 0 Å². The first-order valence-corrected chi connectivity index (χ1v) is 10.1. The molecule has 160 valence electrons. The molecular formula is C25H22N4O3. The first kappa shape index (κ1) is 21.0. The lowest BCUT2D eigenvalue weighted by Crippen LogP contribution is -2.43. The Morgan fingerprint density at radius 1 is 0.906 bits per heavy atom. The third-order valence-electron chi connectivity index (χ3n) is 5.10. The van der Waals surface area contributed by atoms with Gasteiger partial charge in [-0.1, -0.05) is 24.3 Å². The quantitative estimate of drug-likeness (QED) is 0.474. The first-order valence-electron chi connectivity index (χ1n) is 10.1. The molecule has 0 saturated heterocycles. The van der Waals surface area contributed by atoms with E-state index in [1.807, 2.05) is 62.4 Å². The van der Waals surface area contributed by atoms with E-state index in [9.17, 15) is 9.59 Å². The standard InChI is InChI=1S/C25H22N4O3/c1-16-7-8-19(13-17(16)2)32-15-24(30)28-29-25(31)21-14-23(18-9-11-26-12-10-18)27-22-6-4-3-5-20(21)22/h3-14H,15H2,1-2H3,(H,28,30)(H,29,31). The van der Waals surface area contributed by atoms with Crippen LogP contribution in [0.15, 0.2) is 73.1 Å². The van der Waals surface area contributed by atoms with E-state index in [-0.39, 0.29) is 6.61 Å². The van der Waals surface area contributed by atoms with Crippen LogP contribution in [0, 0.1) is 13.8 Å². The summed E-state index contributed by atoms with van der Waals surface area (Å²) in [4.78, 5) is 33.7. The van der Waals surface area contributed by atoms with E-state index < -0.39 is 11.8 Å². The van der Waals surface area contributed by atoms with Gasteiger partial charge in [-0.2, -0.15) is 0 Å². The molecule has 0 atom stereocenters. The number of hydrogen-bond acceptors (Lipinski definition) is 5. The summed E-state index contributed by atoms with van der Waals surface area (Å²) >= 11 is 0. The summed E-state index contributed by atoms with van der Waals surface area (Å²) in [5, 5.41) is 0.684. The molecule has 0 bridgehead atoms. The van der Waals surface area contributed by atoms with Gasteiger partial charge in [-0.05, 0) is 61.4 Å². The van der Waals surface area contributed by atoms with E-state index in [1.165, 1.54) is 0 Å². The molecule has 0 aliphatic heterocycles. The lowest BCUT2D eigenvalue weighted by molar-refractivity contribution is -0.123. The molecule has 2 N–H and O–H groups in total. The molecule has 2 amide bonds. The number of para-hydroxylation sites is 1. The van der Waals surface area contributed by atoms with E-state index in [1.54, 1.807) is 24.5 Å². The van der Waals surface area contributed by atoms with Crippen LogP contribution in [0.25, 0.3) is 22.2 Å². The van der Waals surface area contributed by atoms with Crippen LogP contribution in [0.3, 0.4) is 0 Å². The summed E-state index contributed by atoms with van der Waals surface area (Å²) in [6.45, 7) is 3.76. The number of pyridine rings is 2. The minimum Gasteiger partial charge on any atom is -0.484 e. The SMILES string of the molecule is Cc1ccc(OCC(=O)NNC(=O)c2cc(-c3ccncc3)nc3ccccc23)cc1C. The van der Waals surface area contributed by atoms with Crippen LogP contribution >= 0.6 is 0 Å². The maximum Gasteiger partial charge on any atom is 0.276 e. The Balaban J connectivity index is 1.47. The molecule has 0 unspecified atom stereocenters. The fourth-order valence-corrected chi connectivity index (χ4v) is 3.22. The van der Waals surface area contributed by atoms with Crippen molar-refractivity contribution in [3.8, 4) is 17.0 Å². The smallest absolute Gasteiger partial charge is 0.276 e. The van der Waals surface area contributed by atoms with Crippen molar-refractivity contribution < 1.29 is 14.3 Å². The average Bonchev–Trinajstić information content (AvgIpc) is 2.83. The van der Waals surface area contributed by atoms with Gasteiger partial charge in [0.1, 0.15) is 5.75 Å². The zero-order chi connectivity index (χ0) is 22.5. The maximum atomic E-state index is 12.9. The molecule has 0 spiro atoms. The fraction of sp³-hybridized carbons (Fsp3) is 0.120. The number of nitrogens with zero attached hydrogens (tertiary/aromatic N) is 2. The van der Waals surface area contributed by atoms with E-state index in [0.29, 0.717) is 27.9 Å². The Morgan fingerprint density at radius 2 is 1.69 bits per heavy atom. The normalized spacial score (nSPS) is 10.6. The van der Waals surface area contributed by atoms with Crippen LogP contribution in [0.4, 0.5) is 0 Å². The fourth-order valence-electron chi connectivity index (χ4n) is 3.22. The molecular weight excluding hydrogens is 404 g/mol. The Morgan fingerprint density at radius 3 is 2.47 bits per heavy atom. The van der Waals surface area contributed by atoms with Gasteiger partial charge < -0.3 is 4.74 Å². The number of aryl methyl sites for hydroxylation is 2. The second-order valence-corrected chi connectivity index (χ2v) is 7.35. The van der Waals surface area contributed by atoms with Gasteiger partial charge in [0.15, 0.2) is 6.61 Å². The van der Waals surface area contributed by atoms with Crippen LogP contribution in [0.1, 0.15) is 21.5 Å². The number of nitrogens with one attached hydrogen (secondary N) is 2. The van der Waals surface area contributed by atoms with Crippen LogP contribution < -0.4 is 15.6 Å². The molecule has 2 heterocycles. The molecule has 7 nitrogen and oxygen atoms in total. The van der Waals surface area contributed by atoms with Crippen LogP contribution in [-0.2, 0) is 4.79 Å². The number of benzene rings is 2. The van der Waals surface area contributed by atoms with Gasteiger partial charge in [0.2, 0.25) is 0 Å². The number of amides is 2. The van der Waals surface area contributed by atoms with Crippen LogP contribution in [-0.4, -0.2) is 28.4 Å². The number of fused-ring (bicyclic) bond motifs is 1. The molecule has 2 aromatic heterocycles. The molecule has 7 heteroatoms. The second kappa shape index (κ2) is 9.26. The Hall–Kier alpha value is -4.26. The molecule has 0 fully saturated rings. The van der Waals surface area contributed by atoms with Crippen molar-refractivity contribution in [3.63, 3.8) is 0 Å². The van der Waals surface area contributed by atoms with Gasteiger partial charge in [0.05, 0.1) is 16.8 Å². The highest BCUT2D eigenvalue weighted by molar-refractivity contribution is 6.07. The van der Waals surface area contributed by atoms with Crippen molar-refractivity contribution >= 4 is 22.7 Å². The highest BCUT2D eigenvalue weighted by Crippen LogP contribution is 2.24. The molecule has 32 heavy (non-hydrogen) atoms. The number of carbonyl (C=O) groups is 2. The van der Waals surface area contributed by atoms with Crippen molar-refractivity contribution in [2.45, 2.75) is 13.8 Å². The lowest BCUT2D eigenvalue weighted by atomic mass is 10.0. The Bertz CT molecular complexity index is 1290. The lowest BCUT2D eigenvalue weighted by Gasteiger charge is -2.12. The minimum atomic E-state index is -0.468. The summed E-state index contributed by atoms with van der Waals surface area (Å²) in [6.07, 6.45) is 3.34. The number of hydrazine groups is 1. The average molecular weight is 426 g/mol.